The van der Waals surface area contributed by atoms with Crippen molar-refractivity contribution in [1.29, 1.82) is 0 Å². The summed E-state index contributed by atoms with van der Waals surface area (Å²) in [4.78, 5) is 51.0. The van der Waals surface area contributed by atoms with Gasteiger partial charge in [-0.15, -0.1) is 0 Å². The minimum Gasteiger partial charge on any atom is -0.480 e. The van der Waals surface area contributed by atoms with Crippen LogP contribution in [0.4, 0.5) is 0 Å². The van der Waals surface area contributed by atoms with E-state index in [0.717, 1.165) is 16.9 Å². The van der Waals surface area contributed by atoms with E-state index in [1.165, 1.54) is 7.11 Å². The average Bonchev–Trinajstić information content (AvgIpc) is 2.96. The van der Waals surface area contributed by atoms with Gasteiger partial charge in [0.25, 0.3) is 11.7 Å². The van der Waals surface area contributed by atoms with Crippen LogP contribution in [-0.4, -0.2) is 90.0 Å². The lowest BCUT2D eigenvalue weighted by atomic mass is 9.85. The highest BCUT2D eigenvalue weighted by Gasteiger charge is 2.52. The van der Waals surface area contributed by atoms with E-state index in [0.29, 0.717) is 32.1 Å². The fourth-order valence-electron chi connectivity index (χ4n) is 5.61. The Bertz CT molecular complexity index is 1040. The first-order valence-corrected chi connectivity index (χ1v) is 14.9. The maximum atomic E-state index is 13.3. The third-order valence-corrected chi connectivity index (χ3v) is 8.36. The number of methoxy groups -OCH3 is 2. The molecule has 2 heterocycles. The van der Waals surface area contributed by atoms with Crippen LogP contribution in [0.2, 0.25) is 0 Å². The molecule has 2 fully saturated rings. The molecule has 2 rings (SSSR count). The molecule has 2 saturated heterocycles. The van der Waals surface area contributed by atoms with Crippen LogP contribution in [0.1, 0.15) is 72.6 Å². The number of amides is 1. The quantitative estimate of drug-likeness (QED) is 0.215. The van der Waals surface area contributed by atoms with Gasteiger partial charge in [0.1, 0.15) is 12.6 Å². The van der Waals surface area contributed by atoms with Crippen molar-refractivity contribution in [3.05, 3.63) is 36.0 Å². The Hall–Kier alpha value is -2.66. The normalized spacial score (nSPS) is 27.6. The predicted octanol–water partition coefficient (Wildman–Crippen LogP) is 3.87. The Balaban J connectivity index is 2.00. The number of hydrogen-bond acceptors (Lipinski definition) is 8. The SMILES string of the molecule is COCC(=O)[C@H](C)C[C@H](C)/C=C/C=C/C=C(\C)[C@H](CC1CC[C@@H](C)[C@](O)(C(=O)C(=O)N2CCCCC2C(=O)O)O1)OC. The van der Waals surface area contributed by atoms with Gasteiger partial charge < -0.3 is 29.3 Å². The highest BCUT2D eigenvalue weighted by molar-refractivity contribution is 6.39. The molecule has 10 nitrogen and oxygen atoms in total. The van der Waals surface area contributed by atoms with Gasteiger partial charge in [-0.25, -0.2) is 4.79 Å². The summed E-state index contributed by atoms with van der Waals surface area (Å²) < 4.78 is 16.5. The number of aliphatic hydroxyl groups is 1. The van der Waals surface area contributed by atoms with Gasteiger partial charge in [-0.05, 0) is 56.9 Å². The number of hydrogen-bond donors (Lipinski definition) is 2. The molecule has 0 saturated carbocycles. The number of aliphatic carboxylic acids is 1. The van der Waals surface area contributed by atoms with E-state index >= 15 is 0 Å². The molecule has 0 aliphatic carbocycles. The van der Waals surface area contributed by atoms with Gasteiger partial charge in [0.05, 0.1) is 12.2 Å². The number of rotatable bonds is 15. The molecule has 0 aromatic rings. The van der Waals surface area contributed by atoms with Crippen LogP contribution >= 0.6 is 0 Å². The van der Waals surface area contributed by atoms with Crippen molar-refractivity contribution >= 4 is 23.4 Å². The topological polar surface area (TPSA) is 140 Å². The highest BCUT2D eigenvalue weighted by Crippen LogP contribution is 2.36. The summed E-state index contributed by atoms with van der Waals surface area (Å²) in [6.45, 7) is 7.83. The number of nitrogens with zero attached hydrogens (tertiary/aromatic N) is 1. The first-order chi connectivity index (χ1) is 19.8. The summed E-state index contributed by atoms with van der Waals surface area (Å²) in [5, 5.41) is 20.8. The van der Waals surface area contributed by atoms with Crippen LogP contribution in [0.25, 0.3) is 0 Å². The second kappa shape index (κ2) is 16.8. The van der Waals surface area contributed by atoms with Gasteiger partial charge in [-0.2, -0.15) is 0 Å². The van der Waals surface area contributed by atoms with E-state index in [1.54, 1.807) is 14.0 Å². The smallest absolute Gasteiger partial charge is 0.326 e. The van der Waals surface area contributed by atoms with Gasteiger partial charge in [0, 0.05) is 39.0 Å². The monoisotopic (exact) mass is 591 g/mol. The van der Waals surface area contributed by atoms with E-state index in [2.05, 4.69) is 6.92 Å². The molecule has 0 radical (unpaired) electrons. The molecule has 10 heteroatoms. The van der Waals surface area contributed by atoms with E-state index in [4.69, 9.17) is 14.2 Å². The number of likely N-dealkylation sites (tertiary alicyclic amines) is 1. The van der Waals surface area contributed by atoms with Gasteiger partial charge >= 0.3 is 5.97 Å². The lowest BCUT2D eigenvalue weighted by Gasteiger charge is -2.42. The summed E-state index contributed by atoms with van der Waals surface area (Å²) >= 11 is 0. The molecular weight excluding hydrogens is 542 g/mol. The molecule has 0 aromatic heterocycles. The maximum absolute atomic E-state index is 13.3. The molecule has 236 valence electrons. The summed E-state index contributed by atoms with van der Waals surface area (Å²) in [7, 11) is 3.10. The second-order valence-electron chi connectivity index (χ2n) is 11.7. The zero-order valence-corrected chi connectivity index (χ0v) is 25.9. The number of carbonyl (C=O) groups excluding carboxylic acids is 3. The Kier molecular flexibility index (Phi) is 14.2. The third-order valence-electron chi connectivity index (χ3n) is 8.36. The van der Waals surface area contributed by atoms with Crippen LogP contribution in [0.15, 0.2) is 36.0 Å². The lowest BCUT2D eigenvalue weighted by Crippen LogP contribution is -2.60. The second-order valence-corrected chi connectivity index (χ2v) is 11.7. The fourth-order valence-corrected chi connectivity index (χ4v) is 5.61. The first-order valence-electron chi connectivity index (χ1n) is 14.9. The lowest BCUT2D eigenvalue weighted by molar-refractivity contribution is -0.265. The number of ketones is 2. The van der Waals surface area contributed by atoms with Crippen LogP contribution in [-0.2, 0) is 33.4 Å². The van der Waals surface area contributed by atoms with E-state index in [9.17, 15) is 29.4 Å². The van der Waals surface area contributed by atoms with Crippen molar-refractivity contribution < 1.29 is 43.6 Å². The minimum atomic E-state index is -2.33. The van der Waals surface area contributed by atoms with Gasteiger partial charge in [0.15, 0.2) is 5.78 Å². The number of carboxylic acid groups (broad SMARTS) is 1. The molecule has 2 aliphatic rings. The zero-order valence-electron chi connectivity index (χ0n) is 25.9. The molecule has 0 bridgehead atoms. The van der Waals surface area contributed by atoms with E-state index in [1.807, 2.05) is 44.2 Å². The van der Waals surface area contributed by atoms with Gasteiger partial charge in [-0.3, -0.25) is 14.4 Å². The molecule has 0 spiro atoms. The van der Waals surface area contributed by atoms with Crippen molar-refractivity contribution in [2.24, 2.45) is 17.8 Å². The molecule has 2 unspecified atom stereocenters. The van der Waals surface area contributed by atoms with Crippen LogP contribution in [0, 0.1) is 17.8 Å². The Morgan fingerprint density at radius 3 is 2.43 bits per heavy atom. The number of Topliss-reactive ketones (excluding diaryl/α,β-unsaturated/α-hetero) is 2. The minimum absolute atomic E-state index is 0.0688. The van der Waals surface area contributed by atoms with E-state index < -0.39 is 41.5 Å². The van der Waals surface area contributed by atoms with Crippen LogP contribution < -0.4 is 0 Å². The average molecular weight is 592 g/mol. The maximum Gasteiger partial charge on any atom is 0.326 e. The Labute approximate surface area is 249 Å². The molecule has 7 atom stereocenters. The number of carboxylic acids is 1. The molecule has 0 aromatic carbocycles. The van der Waals surface area contributed by atoms with E-state index in [-0.39, 0.29) is 43.3 Å². The van der Waals surface area contributed by atoms with Gasteiger partial charge in [0.2, 0.25) is 5.79 Å². The summed E-state index contributed by atoms with van der Waals surface area (Å²) in [5.74, 6) is -6.00. The highest BCUT2D eigenvalue weighted by atomic mass is 16.6. The van der Waals surface area contributed by atoms with Crippen molar-refractivity contribution in [3.8, 4) is 0 Å². The fraction of sp³-hybridized carbons (Fsp3) is 0.688. The zero-order chi connectivity index (χ0) is 31.4. The molecule has 42 heavy (non-hydrogen) atoms. The summed E-state index contributed by atoms with van der Waals surface area (Å²) in [5.41, 5.74) is 0.916. The standard InChI is InChI=1S/C32H49NO9/c1-21(18-23(3)27(34)20-40-5)12-8-7-9-13-22(2)28(41-6)19-25-16-15-24(4)32(39,42-25)29(35)30(36)33-17-11-10-14-26(33)31(37)38/h7-9,12-13,21,23-26,28,39H,10-11,14-20H2,1-6H3,(H,37,38)/b9-7+,12-8+,22-13+/t21-,23-,24-,25?,26?,28+,32-/m1/s1. The van der Waals surface area contributed by atoms with Crippen molar-refractivity contribution in [2.75, 3.05) is 27.4 Å². The third kappa shape index (κ3) is 9.69. The molecular formula is C32H49NO9. The number of ether oxygens (including phenoxy) is 3. The Morgan fingerprint density at radius 1 is 1.07 bits per heavy atom. The summed E-state index contributed by atoms with van der Waals surface area (Å²) in [6, 6.07) is -1.08. The van der Waals surface area contributed by atoms with Crippen LogP contribution in [0.5, 0.6) is 0 Å². The molecule has 2 aliphatic heterocycles. The van der Waals surface area contributed by atoms with Crippen molar-refractivity contribution in [2.45, 2.75) is 96.7 Å². The first kappa shape index (κ1) is 35.5. The summed E-state index contributed by atoms with van der Waals surface area (Å²) in [6.07, 6.45) is 12.5. The number of piperidine rings is 1. The van der Waals surface area contributed by atoms with Crippen LogP contribution in [0.3, 0.4) is 0 Å². The molecule has 1 amide bonds. The van der Waals surface area contributed by atoms with Crippen molar-refractivity contribution in [3.63, 3.8) is 0 Å². The Morgan fingerprint density at radius 2 is 1.79 bits per heavy atom. The van der Waals surface area contributed by atoms with Crippen molar-refractivity contribution in [1.82, 2.24) is 4.90 Å². The number of allylic oxidation sites excluding steroid dienone is 5. The number of carbonyl (C=O) groups is 4. The van der Waals surface area contributed by atoms with Gasteiger partial charge in [-0.1, -0.05) is 51.2 Å². The molecule has 2 N–H and O–H groups in total. The largest absolute Gasteiger partial charge is 0.480 e. The predicted molar refractivity (Wildman–Crippen MR) is 157 cm³/mol.